The molecule has 1 heterocycles. The molecular formula is C14H19NOS. The molecule has 0 saturated heterocycles. The minimum atomic E-state index is 0.241. The van der Waals surface area contributed by atoms with Crippen molar-refractivity contribution in [1.82, 2.24) is 5.32 Å². The van der Waals surface area contributed by atoms with E-state index in [4.69, 9.17) is 0 Å². The molecule has 0 radical (unpaired) electrons. The fourth-order valence-electron chi connectivity index (χ4n) is 2.93. The van der Waals surface area contributed by atoms with Crippen molar-refractivity contribution in [2.24, 2.45) is 5.92 Å². The van der Waals surface area contributed by atoms with Crippen molar-refractivity contribution in [2.45, 2.75) is 43.9 Å². The largest absolute Gasteiger partial charge is 0.355 e. The van der Waals surface area contributed by atoms with Crippen molar-refractivity contribution in [3.63, 3.8) is 0 Å². The average Bonchev–Trinajstić information content (AvgIpc) is 2.86. The molecule has 17 heavy (non-hydrogen) atoms. The lowest BCUT2D eigenvalue weighted by Crippen LogP contribution is -2.39. The molecule has 2 nitrogen and oxygen atoms in total. The van der Waals surface area contributed by atoms with Gasteiger partial charge in [0.05, 0.1) is 0 Å². The minimum absolute atomic E-state index is 0.241. The lowest BCUT2D eigenvalue weighted by molar-refractivity contribution is -0.122. The first kappa shape index (κ1) is 11.3. The molecule has 92 valence electrons. The molecule has 3 heteroatoms. The van der Waals surface area contributed by atoms with Crippen LogP contribution < -0.4 is 5.32 Å². The highest BCUT2D eigenvalue weighted by atomic mass is 32.1. The highest BCUT2D eigenvalue weighted by Gasteiger charge is 2.37. The van der Waals surface area contributed by atoms with Crippen LogP contribution in [0.25, 0.3) is 0 Å². The van der Waals surface area contributed by atoms with Gasteiger partial charge in [0.2, 0.25) is 5.91 Å². The van der Waals surface area contributed by atoms with Gasteiger partial charge in [0, 0.05) is 17.9 Å². The van der Waals surface area contributed by atoms with E-state index in [1.807, 2.05) is 0 Å². The number of carbonyl (C=O) groups is 1. The van der Waals surface area contributed by atoms with Crippen LogP contribution in [-0.4, -0.2) is 12.5 Å². The first-order valence-electron chi connectivity index (χ1n) is 6.61. The summed E-state index contributed by atoms with van der Waals surface area (Å²) in [5.41, 5.74) is 1.68. The van der Waals surface area contributed by atoms with Gasteiger partial charge >= 0.3 is 0 Å². The predicted molar refractivity (Wildman–Crippen MR) is 70.2 cm³/mol. The number of hydrogen-bond acceptors (Lipinski definition) is 2. The zero-order chi connectivity index (χ0) is 11.7. The molecule has 0 atom stereocenters. The van der Waals surface area contributed by atoms with Crippen molar-refractivity contribution >= 4 is 17.2 Å². The summed E-state index contributed by atoms with van der Waals surface area (Å²) in [5.74, 6) is 0.613. The molecule has 0 aliphatic heterocycles. The normalized spacial score (nSPS) is 22.6. The van der Waals surface area contributed by atoms with Crippen LogP contribution in [0.3, 0.4) is 0 Å². The maximum absolute atomic E-state index is 11.8. The number of thiophene rings is 1. The van der Waals surface area contributed by atoms with E-state index in [-0.39, 0.29) is 11.3 Å². The van der Waals surface area contributed by atoms with Crippen LogP contribution in [0.2, 0.25) is 0 Å². The van der Waals surface area contributed by atoms with Crippen LogP contribution in [0.15, 0.2) is 16.8 Å². The standard InChI is InChI=1S/C14H19NOS/c16-13(11-3-4-11)15-10-14(6-1-2-7-14)12-5-8-17-9-12/h5,8-9,11H,1-4,6-7,10H2,(H,15,16). The Bertz CT molecular complexity index is 388. The summed E-state index contributed by atoms with van der Waals surface area (Å²) in [6.07, 6.45) is 7.25. The second-order valence-electron chi connectivity index (χ2n) is 5.49. The fraction of sp³-hybridized carbons (Fsp3) is 0.643. The third kappa shape index (κ3) is 2.25. The first-order valence-corrected chi connectivity index (χ1v) is 7.55. The molecule has 1 amide bonds. The van der Waals surface area contributed by atoms with Crippen molar-refractivity contribution in [3.8, 4) is 0 Å². The van der Waals surface area contributed by atoms with Crippen molar-refractivity contribution < 1.29 is 4.79 Å². The highest BCUT2D eigenvalue weighted by molar-refractivity contribution is 7.08. The Kier molecular flexibility index (Phi) is 2.95. The summed E-state index contributed by atoms with van der Waals surface area (Å²) in [7, 11) is 0. The highest BCUT2D eigenvalue weighted by Crippen LogP contribution is 2.41. The summed E-state index contributed by atoms with van der Waals surface area (Å²) < 4.78 is 0. The summed E-state index contributed by atoms with van der Waals surface area (Å²) >= 11 is 1.77. The Morgan fingerprint density at radius 1 is 1.41 bits per heavy atom. The minimum Gasteiger partial charge on any atom is -0.355 e. The van der Waals surface area contributed by atoms with Gasteiger partial charge in [0.15, 0.2) is 0 Å². The lowest BCUT2D eigenvalue weighted by atomic mass is 9.80. The topological polar surface area (TPSA) is 29.1 Å². The molecule has 1 N–H and O–H groups in total. The second kappa shape index (κ2) is 4.45. The van der Waals surface area contributed by atoms with E-state index in [0.717, 1.165) is 19.4 Å². The maximum Gasteiger partial charge on any atom is 0.223 e. The monoisotopic (exact) mass is 249 g/mol. The third-order valence-corrected chi connectivity index (χ3v) is 4.93. The van der Waals surface area contributed by atoms with Crippen LogP contribution in [-0.2, 0) is 10.2 Å². The smallest absolute Gasteiger partial charge is 0.223 e. The van der Waals surface area contributed by atoms with Crippen LogP contribution in [0.1, 0.15) is 44.1 Å². The molecule has 1 aromatic heterocycles. The zero-order valence-corrected chi connectivity index (χ0v) is 10.9. The number of nitrogens with one attached hydrogen (secondary N) is 1. The fourth-order valence-corrected chi connectivity index (χ4v) is 3.71. The van der Waals surface area contributed by atoms with Crippen molar-refractivity contribution in [2.75, 3.05) is 6.54 Å². The summed E-state index contributed by atoms with van der Waals surface area (Å²) in [5, 5.41) is 7.59. The van der Waals surface area contributed by atoms with E-state index in [1.165, 1.54) is 31.2 Å². The Labute approximate surface area is 106 Å². The number of hydrogen-bond donors (Lipinski definition) is 1. The zero-order valence-electron chi connectivity index (χ0n) is 10.1. The van der Waals surface area contributed by atoms with E-state index in [0.29, 0.717) is 5.92 Å². The van der Waals surface area contributed by atoms with Gasteiger partial charge in [-0.2, -0.15) is 11.3 Å². The summed E-state index contributed by atoms with van der Waals surface area (Å²) in [6, 6.07) is 2.24. The quantitative estimate of drug-likeness (QED) is 0.873. The van der Waals surface area contributed by atoms with E-state index in [1.54, 1.807) is 11.3 Å². The van der Waals surface area contributed by atoms with Gasteiger partial charge in [-0.05, 0) is 48.1 Å². The maximum atomic E-state index is 11.8. The number of amides is 1. The van der Waals surface area contributed by atoms with Gasteiger partial charge in [0.25, 0.3) is 0 Å². The molecule has 2 saturated carbocycles. The Hall–Kier alpha value is -0.830. The third-order valence-electron chi connectivity index (χ3n) is 4.24. The molecule has 0 bridgehead atoms. The number of carbonyl (C=O) groups excluding carboxylic acids is 1. The van der Waals surface area contributed by atoms with E-state index < -0.39 is 0 Å². The van der Waals surface area contributed by atoms with Crippen LogP contribution in [0.4, 0.5) is 0 Å². The van der Waals surface area contributed by atoms with Gasteiger partial charge in [-0.3, -0.25) is 4.79 Å². The summed E-state index contributed by atoms with van der Waals surface area (Å²) in [4.78, 5) is 11.8. The molecule has 0 spiro atoms. The van der Waals surface area contributed by atoms with Crippen molar-refractivity contribution in [1.29, 1.82) is 0 Å². The van der Waals surface area contributed by atoms with Crippen LogP contribution in [0.5, 0.6) is 0 Å². The molecule has 3 rings (SSSR count). The molecule has 2 aliphatic rings. The van der Waals surface area contributed by atoms with Crippen molar-refractivity contribution in [3.05, 3.63) is 22.4 Å². The molecular weight excluding hydrogens is 230 g/mol. The van der Waals surface area contributed by atoms with E-state index in [9.17, 15) is 4.79 Å². The van der Waals surface area contributed by atoms with Crippen LogP contribution in [0, 0.1) is 5.92 Å². The van der Waals surface area contributed by atoms with Gasteiger partial charge in [-0.25, -0.2) is 0 Å². The molecule has 0 aromatic carbocycles. The Morgan fingerprint density at radius 3 is 2.76 bits per heavy atom. The lowest BCUT2D eigenvalue weighted by Gasteiger charge is -2.28. The molecule has 2 fully saturated rings. The Balaban J connectivity index is 1.69. The van der Waals surface area contributed by atoms with Gasteiger partial charge in [0.1, 0.15) is 0 Å². The first-order chi connectivity index (χ1) is 8.30. The van der Waals surface area contributed by atoms with Gasteiger partial charge in [-0.15, -0.1) is 0 Å². The van der Waals surface area contributed by atoms with E-state index in [2.05, 4.69) is 22.1 Å². The predicted octanol–water partition coefficient (Wildman–Crippen LogP) is 3.09. The van der Waals surface area contributed by atoms with Crippen LogP contribution >= 0.6 is 11.3 Å². The molecule has 1 aromatic rings. The number of rotatable bonds is 4. The Morgan fingerprint density at radius 2 is 2.18 bits per heavy atom. The van der Waals surface area contributed by atoms with Gasteiger partial charge in [-0.1, -0.05) is 12.8 Å². The van der Waals surface area contributed by atoms with Gasteiger partial charge < -0.3 is 5.32 Å². The van der Waals surface area contributed by atoms with E-state index >= 15 is 0 Å². The molecule has 2 aliphatic carbocycles. The second-order valence-corrected chi connectivity index (χ2v) is 6.27. The molecule has 0 unspecified atom stereocenters. The SMILES string of the molecule is O=C(NCC1(c2ccsc2)CCCC1)C1CC1. The summed E-state index contributed by atoms with van der Waals surface area (Å²) in [6.45, 7) is 0.846. The average molecular weight is 249 g/mol.